The Labute approximate surface area is 166 Å². The predicted octanol–water partition coefficient (Wildman–Crippen LogP) is 3.50. The van der Waals surface area contributed by atoms with Crippen LogP contribution in [-0.2, 0) is 10.0 Å². The lowest BCUT2D eigenvalue weighted by atomic mass is 10.0. The van der Waals surface area contributed by atoms with Crippen LogP contribution in [0.1, 0.15) is 18.4 Å². The summed E-state index contributed by atoms with van der Waals surface area (Å²) in [6.45, 7) is 1.97. The number of likely N-dealkylation sites (tertiary alicyclic amines) is 1. The van der Waals surface area contributed by atoms with Crippen molar-refractivity contribution in [2.24, 2.45) is 4.40 Å². The first kappa shape index (κ1) is 19.9. The standard InChI is InChI=1S/C20H24ClN3O2S/c1-23-14-12-18(13-15-23)24(2)20(16-6-4-3-5-7-16)22-27(25,26)19-10-8-17(21)9-11-19/h3-11,18H,12-15H2,1-2H3/b22-20-. The summed E-state index contributed by atoms with van der Waals surface area (Å²) in [6.07, 6.45) is 1.94. The lowest BCUT2D eigenvalue weighted by Crippen LogP contribution is -2.45. The summed E-state index contributed by atoms with van der Waals surface area (Å²) >= 11 is 5.88. The number of nitrogens with zero attached hydrogens (tertiary/aromatic N) is 3. The Bertz CT molecular complexity index is 891. The molecule has 7 heteroatoms. The Kier molecular flexibility index (Phi) is 6.19. The minimum atomic E-state index is -3.84. The van der Waals surface area contributed by atoms with E-state index in [2.05, 4.69) is 16.3 Å². The first-order valence-electron chi connectivity index (χ1n) is 8.94. The molecule has 5 nitrogen and oxygen atoms in total. The number of sulfonamides is 1. The first-order chi connectivity index (χ1) is 12.9. The maximum Gasteiger partial charge on any atom is 0.284 e. The minimum Gasteiger partial charge on any atom is -0.355 e. The van der Waals surface area contributed by atoms with Crippen molar-refractivity contribution < 1.29 is 8.42 Å². The van der Waals surface area contributed by atoms with Crippen molar-refractivity contribution in [3.05, 3.63) is 65.2 Å². The van der Waals surface area contributed by atoms with E-state index in [4.69, 9.17) is 11.6 Å². The molecule has 0 N–H and O–H groups in total. The molecule has 0 aliphatic carbocycles. The molecule has 0 amide bonds. The summed E-state index contributed by atoms with van der Waals surface area (Å²) in [7, 11) is 0.193. The topological polar surface area (TPSA) is 53.0 Å². The summed E-state index contributed by atoms with van der Waals surface area (Å²) in [4.78, 5) is 4.43. The van der Waals surface area contributed by atoms with Gasteiger partial charge in [0.25, 0.3) is 10.0 Å². The summed E-state index contributed by atoms with van der Waals surface area (Å²) in [5, 5.41) is 0.490. The summed E-state index contributed by atoms with van der Waals surface area (Å²) in [5.74, 6) is 0.472. The molecule has 0 saturated carbocycles. The maximum atomic E-state index is 12.9. The SMILES string of the molecule is CN1CCC(N(C)/C(=N\S(=O)(=O)c2ccc(Cl)cc2)c2ccccc2)CC1. The zero-order chi connectivity index (χ0) is 19.4. The summed E-state index contributed by atoms with van der Waals surface area (Å²) < 4.78 is 30.0. The van der Waals surface area contributed by atoms with Gasteiger partial charge in [-0.15, -0.1) is 4.40 Å². The van der Waals surface area contributed by atoms with Crippen molar-refractivity contribution in [1.29, 1.82) is 0 Å². The lowest BCUT2D eigenvalue weighted by Gasteiger charge is -2.36. The zero-order valence-corrected chi connectivity index (χ0v) is 17.1. The van der Waals surface area contributed by atoms with E-state index in [1.54, 1.807) is 12.1 Å². The summed E-state index contributed by atoms with van der Waals surface area (Å²) in [6, 6.07) is 15.8. The van der Waals surface area contributed by atoms with E-state index in [0.717, 1.165) is 31.5 Å². The van der Waals surface area contributed by atoms with E-state index in [1.807, 2.05) is 42.3 Å². The second-order valence-corrected chi connectivity index (χ2v) is 8.90. The molecule has 0 aromatic heterocycles. The largest absolute Gasteiger partial charge is 0.355 e. The smallest absolute Gasteiger partial charge is 0.284 e. The van der Waals surface area contributed by atoms with Gasteiger partial charge in [-0.2, -0.15) is 8.42 Å². The van der Waals surface area contributed by atoms with Crippen LogP contribution in [0.5, 0.6) is 0 Å². The van der Waals surface area contributed by atoms with Crippen LogP contribution in [0.25, 0.3) is 0 Å². The third-order valence-electron chi connectivity index (χ3n) is 4.92. The third kappa shape index (κ3) is 4.89. The highest BCUT2D eigenvalue weighted by atomic mass is 35.5. The molecule has 0 bridgehead atoms. The van der Waals surface area contributed by atoms with Crippen LogP contribution in [0.3, 0.4) is 0 Å². The van der Waals surface area contributed by atoms with Crippen LogP contribution >= 0.6 is 11.6 Å². The monoisotopic (exact) mass is 405 g/mol. The van der Waals surface area contributed by atoms with Crippen molar-refractivity contribution in [2.45, 2.75) is 23.8 Å². The number of piperidine rings is 1. The fourth-order valence-corrected chi connectivity index (χ4v) is 4.41. The van der Waals surface area contributed by atoms with Crippen molar-refractivity contribution in [3.8, 4) is 0 Å². The minimum absolute atomic E-state index is 0.136. The van der Waals surface area contributed by atoms with Gasteiger partial charge in [-0.05, 0) is 57.2 Å². The Hall–Kier alpha value is -1.89. The Morgan fingerprint density at radius 2 is 1.67 bits per heavy atom. The molecule has 0 unspecified atom stereocenters. The molecule has 1 heterocycles. The molecule has 2 aromatic carbocycles. The Morgan fingerprint density at radius 3 is 2.26 bits per heavy atom. The normalized spacial score (nSPS) is 17.1. The fourth-order valence-electron chi connectivity index (χ4n) is 3.24. The molecule has 27 heavy (non-hydrogen) atoms. The van der Waals surface area contributed by atoms with Crippen molar-refractivity contribution in [2.75, 3.05) is 27.2 Å². The first-order valence-corrected chi connectivity index (χ1v) is 10.8. The number of halogens is 1. The number of amidine groups is 1. The quantitative estimate of drug-likeness (QED) is 0.577. The number of benzene rings is 2. The number of hydrogen-bond donors (Lipinski definition) is 0. The molecule has 1 fully saturated rings. The highest BCUT2D eigenvalue weighted by molar-refractivity contribution is 7.90. The van der Waals surface area contributed by atoms with Gasteiger partial charge < -0.3 is 9.80 Å². The molecule has 144 valence electrons. The van der Waals surface area contributed by atoms with Crippen molar-refractivity contribution in [1.82, 2.24) is 9.80 Å². The van der Waals surface area contributed by atoms with Gasteiger partial charge in [-0.25, -0.2) is 0 Å². The van der Waals surface area contributed by atoms with E-state index >= 15 is 0 Å². The number of hydrogen-bond acceptors (Lipinski definition) is 3. The molecule has 0 spiro atoms. The summed E-state index contributed by atoms with van der Waals surface area (Å²) in [5.41, 5.74) is 0.788. The fraction of sp³-hybridized carbons (Fsp3) is 0.350. The van der Waals surface area contributed by atoms with E-state index in [9.17, 15) is 8.42 Å². The molecular formula is C20H24ClN3O2S. The molecule has 0 atom stereocenters. The molecule has 1 aliphatic rings. The lowest BCUT2D eigenvalue weighted by molar-refractivity contribution is 0.192. The molecule has 3 rings (SSSR count). The average Bonchev–Trinajstić information content (AvgIpc) is 2.67. The van der Waals surface area contributed by atoms with Crippen LogP contribution in [-0.4, -0.2) is 57.3 Å². The van der Waals surface area contributed by atoms with Gasteiger partial charge in [0.05, 0.1) is 4.90 Å². The van der Waals surface area contributed by atoms with Crippen molar-refractivity contribution >= 4 is 27.5 Å². The van der Waals surface area contributed by atoms with E-state index in [0.29, 0.717) is 10.9 Å². The molecule has 1 aliphatic heterocycles. The zero-order valence-electron chi connectivity index (χ0n) is 15.5. The second kappa shape index (κ2) is 8.42. The molecule has 2 aromatic rings. The van der Waals surface area contributed by atoms with Gasteiger partial charge in [-0.3, -0.25) is 0 Å². The second-order valence-electron chi connectivity index (χ2n) is 6.86. The van der Waals surface area contributed by atoms with Crippen LogP contribution in [0.15, 0.2) is 63.9 Å². The van der Waals surface area contributed by atoms with Gasteiger partial charge in [0.1, 0.15) is 5.84 Å². The van der Waals surface area contributed by atoms with Gasteiger partial charge in [0, 0.05) is 23.7 Å². The highest BCUT2D eigenvalue weighted by Crippen LogP contribution is 2.21. The van der Waals surface area contributed by atoms with E-state index in [1.165, 1.54) is 12.1 Å². The predicted molar refractivity (Wildman–Crippen MR) is 110 cm³/mol. The maximum absolute atomic E-state index is 12.9. The Morgan fingerprint density at radius 1 is 1.07 bits per heavy atom. The van der Waals surface area contributed by atoms with Crippen LogP contribution in [0, 0.1) is 0 Å². The average molecular weight is 406 g/mol. The van der Waals surface area contributed by atoms with E-state index < -0.39 is 10.0 Å². The molecular weight excluding hydrogens is 382 g/mol. The Balaban J connectivity index is 1.99. The van der Waals surface area contributed by atoms with Crippen LogP contribution in [0.4, 0.5) is 0 Å². The van der Waals surface area contributed by atoms with Crippen LogP contribution in [0.2, 0.25) is 5.02 Å². The van der Waals surface area contributed by atoms with Crippen LogP contribution < -0.4 is 0 Å². The van der Waals surface area contributed by atoms with Gasteiger partial charge in [0.15, 0.2) is 0 Å². The van der Waals surface area contributed by atoms with Crippen molar-refractivity contribution in [3.63, 3.8) is 0 Å². The van der Waals surface area contributed by atoms with Gasteiger partial charge >= 0.3 is 0 Å². The van der Waals surface area contributed by atoms with Gasteiger partial charge in [0.2, 0.25) is 0 Å². The third-order valence-corrected chi connectivity index (χ3v) is 6.45. The highest BCUT2D eigenvalue weighted by Gasteiger charge is 2.25. The molecule has 0 radical (unpaired) electrons. The number of rotatable bonds is 4. The molecule has 1 saturated heterocycles. The van der Waals surface area contributed by atoms with Gasteiger partial charge in [-0.1, -0.05) is 41.9 Å². The van der Waals surface area contributed by atoms with E-state index in [-0.39, 0.29) is 10.9 Å².